The summed E-state index contributed by atoms with van der Waals surface area (Å²) >= 11 is 3.48. The first-order valence-corrected chi connectivity index (χ1v) is 9.00. The number of hydrogen-bond donors (Lipinski definition) is 0. The highest BCUT2D eigenvalue weighted by atomic mass is 79.9. The zero-order chi connectivity index (χ0) is 13.7. The van der Waals surface area contributed by atoms with Crippen LogP contribution in [0.3, 0.4) is 0 Å². The normalized spacial score (nSPS) is 42.9. The summed E-state index contributed by atoms with van der Waals surface area (Å²) in [5, 5.41) is 1.11. The van der Waals surface area contributed by atoms with Crippen LogP contribution in [0, 0.1) is 17.3 Å². The van der Waals surface area contributed by atoms with Crippen LogP contribution in [0.15, 0.2) is 0 Å². The number of hydrogen-bond acceptors (Lipinski definition) is 2. The molecule has 1 aliphatic heterocycles. The lowest BCUT2D eigenvalue weighted by molar-refractivity contribution is -0.199. The summed E-state index contributed by atoms with van der Waals surface area (Å²) in [5.41, 5.74) is 0.442. The van der Waals surface area contributed by atoms with Gasteiger partial charge in [-0.1, -0.05) is 42.6 Å². The smallest absolute Gasteiger partial charge is 0.405 e. The van der Waals surface area contributed by atoms with Crippen molar-refractivity contribution in [1.82, 2.24) is 0 Å². The molecule has 0 amide bonds. The van der Waals surface area contributed by atoms with Crippen LogP contribution in [-0.2, 0) is 9.31 Å². The second kappa shape index (κ2) is 5.03. The van der Waals surface area contributed by atoms with Crippen LogP contribution in [0.2, 0.25) is 6.32 Å². The molecule has 4 fully saturated rings. The molecule has 0 radical (unpaired) electrons. The lowest BCUT2D eigenvalue weighted by atomic mass is 9.43. The van der Waals surface area contributed by atoms with Crippen molar-refractivity contribution in [3.8, 4) is 0 Å². The van der Waals surface area contributed by atoms with Gasteiger partial charge >= 0.3 is 7.12 Å². The Balaban J connectivity index is 1.58. The molecule has 2 unspecified atom stereocenters. The highest BCUT2D eigenvalue weighted by Crippen LogP contribution is 2.65. The maximum atomic E-state index is 6.38. The topological polar surface area (TPSA) is 18.5 Å². The van der Waals surface area contributed by atoms with Crippen molar-refractivity contribution < 1.29 is 9.31 Å². The van der Waals surface area contributed by atoms with Gasteiger partial charge in [-0.2, -0.15) is 0 Å². The first-order chi connectivity index (χ1) is 8.98. The largest absolute Gasteiger partial charge is 0.457 e. The minimum Gasteiger partial charge on any atom is -0.405 e. The maximum absolute atomic E-state index is 6.38. The number of unbranched alkanes of at least 4 members (excludes halogenated alkanes) is 2. The van der Waals surface area contributed by atoms with Gasteiger partial charge in [-0.05, 0) is 49.8 Å². The molecule has 3 aliphatic carbocycles. The van der Waals surface area contributed by atoms with E-state index < -0.39 is 0 Å². The average molecular weight is 329 g/mol. The van der Waals surface area contributed by atoms with E-state index in [9.17, 15) is 0 Å². The van der Waals surface area contributed by atoms with Gasteiger partial charge in [0, 0.05) is 5.33 Å². The van der Waals surface area contributed by atoms with Gasteiger partial charge in [-0.25, -0.2) is 0 Å². The molecule has 4 atom stereocenters. The SMILES string of the molecule is CC1(C)C2CC1[C@]1(C)OB(CCCCCBr)O[C@@H]1C2. The third-order valence-corrected chi connectivity index (χ3v) is 6.64. The molecule has 4 heteroatoms. The van der Waals surface area contributed by atoms with E-state index in [1.54, 1.807) is 0 Å². The van der Waals surface area contributed by atoms with Crippen LogP contribution in [-0.4, -0.2) is 24.2 Å². The number of halogens is 1. The summed E-state index contributed by atoms with van der Waals surface area (Å²) in [5.74, 6) is 1.54. The van der Waals surface area contributed by atoms with Crippen LogP contribution in [0.1, 0.15) is 52.9 Å². The third kappa shape index (κ3) is 2.22. The van der Waals surface area contributed by atoms with E-state index in [-0.39, 0.29) is 12.7 Å². The Labute approximate surface area is 126 Å². The predicted octanol–water partition coefficient (Wildman–Crippen LogP) is 4.28. The second-order valence-electron chi connectivity index (χ2n) is 7.44. The maximum Gasteiger partial charge on any atom is 0.457 e. The van der Waals surface area contributed by atoms with Gasteiger partial charge in [0.15, 0.2) is 0 Å². The van der Waals surface area contributed by atoms with E-state index in [2.05, 4.69) is 36.7 Å². The molecule has 1 saturated heterocycles. The first-order valence-electron chi connectivity index (χ1n) is 7.87. The van der Waals surface area contributed by atoms with Gasteiger partial charge < -0.3 is 9.31 Å². The second-order valence-corrected chi connectivity index (χ2v) is 8.23. The molecule has 19 heavy (non-hydrogen) atoms. The van der Waals surface area contributed by atoms with Crippen molar-refractivity contribution in [2.45, 2.75) is 70.9 Å². The Kier molecular flexibility index (Phi) is 3.81. The lowest BCUT2D eigenvalue weighted by Crippen LogP contribution is -2.65. The number of rotatable bonds is 5. The van der Waals surface area contributed by atoms with Crippen LogP contribution in [0.5, 0.6) is 0 Å². The van der Waals surface area contributed by atoms with Crippen LogP contribution in [0.25, 0.3) is 0 Å². The molecular formula is C15H26BBrO2. The van der Waals surface area contributed by atoms with E-state index >= 15 is 0 Å². The summed E-state index contributed by atoms with van der Waals surface area (Å²) in [6, 6.07) is 0. The first kappa shape index (κ1) is 14.4. The van der Waals surface area contributed by atoms with Gasteiger partial charge in [0.25, 0.3) is 0 Å². The van der Waals surface area contributed by atoms with Gasteiger partial charge in [0.1, 0.15) is 0 Å². The van der Waals surface area contributed by atoms with E-state index in [0.29, 0.717) is 17.4 Å². The van der Waals surface area contributed by atoms with E-state index in [4.69, 9.17) is 9.31 Å². The molecule has 0 aromatic heterocycles. The zero-order valence-corrected chi connectivity index (χ0v) is 14.0. The van der Waals surface area contributed by atoms with Gasteiger partial charge in [-0.3, -0.25) is 0 Å². The van der Waals surface area contributed by atoms with Crippen molar-refractivity contribution in [2.24, 2.45) is 17.3 Å². The fraction of sp³-hybridized carbons (Fsp3) is 1.00. The van der Waals surface area contributed by atoms with Crippen molar-refractivity contribution >= 4 is 23.0 Å². The minimum atomic E-state index is -0.0155. The van der Waals surface area contributed by atoms with Crippen molar-refractivity contribution in [3.05, 3.63) is 0 Å². The highest BCUT2D eigenvalue weighted by Gasteiger charge is 2.67. The monoisotopic (exact) mass is 328 g/mol. The zero-order valence-electron chi connectivity index (χ0n) is 12.5. The van der Waals surface area contributed by atoms with Crippen molar-refractivity contribution in [2.75, 3.05) is 5.33 Å². The van der Waals surface area contributed by atoms with Gasteiger partial charge in [-0.15, -0.1) is 0 Å². The summed E-state index contributed by atoms with van der Waals surface area (Å²) in [6.07, 6.45) is 7.72. The molecule has 2 bridgehead atoms. The average Bonchev–Trinajstić information content (AvgIpc) is 2.70. The number of alkyl halides is 1. The van der Waals surface area contributed by atoms with Crippen molar-refractivity contribution in [1.29, 1.82) is 0 Å². The fourth-order valence-electron chi connectivity index (χ4n) is 4.66. The standard InChI is InChI=1S/C15H26BBrO2/c1-14(2)11-9-12(14)15(3)13(10-11)18-16(19-15)7-5-4-6-8-17/h11-13H,4-10H2,1-3H3/t11?,12?,13-,15+/m1/s1. The van der Waals surface area contributed by atoms with E-state index in [1.807, 2.05) is 0 Å². The Morgan fingerprint density at radius 2 is 1.95 bits per heavy atom. The summed E-state index contributed by atoms with van der Waals surface area (Å²) in [7, 11) is 0.0560. The molecule has 0 aromatic rings. The Hall–Kier alpha value is 0.465. The van der Waals surface area contributed by atoms with Gasteiger partial charge in [0.2, 0.25) is 0 Å². The third-order valence-electron chi connectivity index (χ3n) is 6.08. The summed E-state index contributed by atoms with van der Waals surface area (Å²) < 4.78 is 12.6. The Morgan fingerprint density at radius 3 is 2.63 bits per heavy atom. The van der Waals surface area contributed by atoms with Crippen molar-refractivity contribution in [3.63, 3.8) is 0 Å². The summed E-state index contributed by atoms with van der Waals surface area (Å²) in [6.45, 7) is 7.14. The van der Waals surface area contributed by atoms with Gasteiger partial charge in [0.05, 0.1) is 11.7 Å². The fourth-order valence-corrected chi connectivity index (χ4v) is 5.05. The molecule has 2 nitrogen and oxygen atoms in total. The lowest BCUT2D eigenvalue weighted by Gasteiger charge is -2.64. The van der Waals surface area contributed by atoms with Crippen LogP contribution in [0.4, 0.5) is 0 Å². The van der Waals surface area contributed by atoms with Crippen LogP contribution < -0.4 is 0 Å². The molecule has 108 valence electrons. The molecule has 0 N–H and O–H groups in total. The highest BCUT2D eigenvalue weighted by molar-refractivity contribution is 9.09. The minimum absolute atomic E-state index is 0.0155. The molecule has 0 spiro atoms. The Bertz CT molecular complexity index is 349. The van der Waals surface area contributed by atoms with Crippen LogP contribution >= 0.6 is 15.9 Å². The molecule has 4 rings (SSSR count). The van der Waals surface area contributed by atoms with E-state index in [1.165, 1.54) is 32.1 Å². The molecule has 4 aliphatic rings. The predicted molar refractivity (Wildman–Crippen MR) is 82.6 cm³/mol. The Morgan fingerprint density at radius 1 is 1.16 bits per heavy atom. The molecule has 1 heterocycles. The quantitative estimate of drug-likeness (QED) is 0.426. The molecule has 3 saturated carbocycles. The molecule has 0 aromatic carbocycles. The molecular weight excluding hydrogens is 303 g/mol. The summed E-state index contributed by atoms with van der Waals surface area (Å²) in [4.78, 5) is 0. The van der Waals surface area contributed by atoms with E-state index in [0.717, 1.165) is 17.6 Å².